The Kier molecular flexibility index (Phi) is 3.97. The molecule has 88 valence electrons. The number of nitrogens with two attached hydrogens (primary N) is 1. The van der Waals surface area contributed by atoms with Gasteiger partial charge in [0.05, 0.1) is 5.69 Å². The molecular weight excluding hydrogens is 369 g/mol. The van der Waals surface area contributed by atoms with Crippen molar-refractivity contribution in [2.24, 2.45) is 0 Å². The predicted octanol–water partition coefficient (Wildman–Crippen LogP) is 5.24. The molecule has 2 N–H and O–H groups in total. The van der Waals surface area contributed by atoms with Crippen LogP contribution in [0.25, 0.3) is 0 Å². The van der Waals surface area contributed by atoms with E-state index in [0.717, 1.165) is 14.7 Å². The molecule has 0 fully saturated rings. The van der Waals surface area contributed by atoms with Crippen molar-refractivity contribution in [3.63, 3.8) is 0 Å². The van der Waals surface area contributed by atoms with Gasteiger partial charge in [0, 0.05) is 14.0 Å². The summed E-state index contributed by atoms with van der Waals surface area (Å²) in [4.78, 5) is 0. The fourth-order valence-electron chi connectivity index (χ4n) is 1.26. The number of ether oxygens (including phenoxy) is 1. The highest BCUT2D eigenvalue weighted by atomic mass is 79.9. The molecular formula is C12H8Br2ClNO. The maximum absolute atomic E-state index is 5.80. The van der Waals surface area contributed by atoms with Gasteiger partial charge in [0.1, 0.15) is 11.5 Å². The molecule has 0 aliphatic heterocycles. The second kappa shape index (κ2) is 5.29. The second-order valence-electron chi connectivity index (χ2n) is 3.36. The first-order valence-corrected chi connectivity index (χ1v) is 6.70. The van der Waals surface area contributed by atoms with Crippen LogP contribution in [0.5, 0.6) is 11.5 Å². The van der Waals surface area contributed by atoms with Crippen molar-refractivity contribution in [1.82, 2.24) is 0 Å². The van der Waals surface area contributed by atoms with E-state index in [0.29, 0.717) is 16.5 Å². The summed E-state index contributed by atoms with van der Waals surface area (Å²) < 4.78 is 7.25. The van der Waals surface area contributed by atoms with E-state index in [2.05, 4.69) is 31.9 Å². The van der Waals surface area contributed by atoms with Crippen molar-refractivity contribution in [3.05, 3.63) is 50.4 Å². The highest BCUT2D eigenvalue weighted by molar-refractivity contribution is 9.11. The van der Waals surface area contributed by atoms with Gasteiger partial charge in [-0.3, -0.25) is 0 Å². The summed E-state index contributed by atoms with van der Waals surface area (Å²) in [6.45, 7) is 0. The molecule has 2 aromatic carbocycles. The summed E-state index contributed by atoms with van der Waals surface area (Å²) in [7, 11) is 0. The quantitative estimate of drug-likeness (QED) is 0.727. The molecule has 0 bridgehead atoms. The van der Waals surface area contributed by atoms with E-state index in [1.165, 1.54) is 0 Å². The van der Waals surface area contributed by atoms with E-state index >= 15 is 0 Å². The number of hydrogen-bond donors (Lipinski definition) is 1. The van der Waals surface area contributed by atoms with Crippen LogP contribution in [0.4, 0.5) is 5.69 Å². The van der Waals surface area contributed by atoms with Gasteiger partial charge in [-0.25, -0.2) is 0 Å². The first-order chi connectivity index (χ1) is 8.06. The second-order valence-corrected chi connectivity index (χ2v) is 5.50. The first kappa shape index (κ1) is 12.7. The number of rotatable bonds is 2. The summed E-state index contributed by atoms with van der Waals surface area (Å²) in [5.74, 6) is 1.42. The molecule has 0 atom stereocenters. The minimum Gasteiger partial charge on any atom is -0.457 e. The molecule has 2 rings (SSSR count). The Morgan fingerprint density at radius 3 is 2.00 bits per heavy atom. The number of nitrogen functional groups attached to an aromatic ring is 1. The van der Waals surface area contributed by atoms with Crippen LogP contribution in [0.3, 0.4) is 0 Å². The van der Waals surface area contributed by atoms with E-state index in [1.807, 2.05) is 12.1 Å². The third kappa shape index (κ3) is 3.15. The molecule has 0 saturated heterocycles. The lowest BCUT2D eigenvalue weighted by atomic mass is 10.3. The SMILES string of the molecule is Nc1c(Br)cc(Oc2ccc(Cl)cc2)cc1Br. The molecule has 0 aliphatic rings. The number of anilines is 1. The Hall–Kier alpha value is -0.710. The zero-order valence-corrected chi connectivity index (χ0v) is 12.5. The third-order valence-corrected chi connectivity index (χ3v) is 3.67. The fraction of sp³-hybridized carbons (Fsp3) is 0. The lowest BCUT2D eigenvalue weighted by Gasteiger charge is -2.08. The Bertz CT molecular complexity index is 520. The zero-order valence-electron chi connectivity index (χ0n) is 8.58. The summed E-state index contributed by atoms with van der Waals surface area (Å²) in [6.07, 6.45) is 0. The van der Waals surface area contributed by atoms with Crippen molar-refractivity contribution in [2.45, 2.75) is 0 Å². The number of halogens is 3. The van der Waals surface area contributed by atoms with Crippen LogP contribution in [0.2, 0.25) is 5.02 Å². The van der Waals surface area contributed by atoms with E-state index in [4.69, 9.17) is 22.1 Å². The van der Waals surface area contributed by atoms with Crippen LogP contribution in [-0.2, 0) is 0 Å². The maximum Gasteiger partial charge on any atom is 0.129 e. The van der Waals surface area contributed by atoms with Crippen LogP contribution in [0.1, 0.15) is 0 Å². The van der Waals surface area contributed by atoms with Crippen molar-refractivity contribution in [2.75, 3.05) is 5.73 Å². The zero-order chi connectivity index (χ0) is 12.4. The van der Waals surface area contributed by atoms with Gasteiger partial charge in [-0.15, -0.1) is 0 Å². The van der Waals surface area contributed by atoms with Crippen molar-refractivity contribution >= 4 is 49.1 Å². The summed E-state index contributed by atoms with van der Waals surface area (Å²) in [6, 6.07) is 10.8. The van der Waals surface area contributed by atoms with Crippen LogP contribution < -0.4 is 10.5 Å². The summed E-state index contributed by atoms with van der Waals surface area (Å²) in [5, 5.41) is 0.678. The van der Waals surface area contributed by atoms with Crippen molar-refractivity contribution in [1.29, 1.82) is 0 Å². The molecule has 2 aromatic rings. The van der Waals surface area contributed by atoms with E-state index in [-0.39, 0.29) is 0 Å². The lowest BCUT2D eigenvalue weighted by Crippen LogP contribution is -1.90. The fourth-order valence-corrected chi connectivity index (χ4v) is 2.53. The van der Waals surface area contributed by atoms with Gasteiger partial charge in [-0.05, 0) is 68.3 Å². The lowest BCUT2D eigenvalue weighted by molar-refractivity contribution is 0.482. The predicted molar refractivity (Wildman–Crippen MR) is 77.8 cm³/mol. The Morgan fingerprint density at radius 2 is 1.47 bits per heavy atom. The van der Waals surface area contributed by atoms with E-state index in [9.17, 15) is 0 Å². The Balaban J connectivity index is 2.27. The summed E-state index contributed by atoms with van der Waals surface area (Å²) >= 11 is 12.5. The van der Waals surface area contributed by atoms with E-state index < -0.39 is 0 Å². The van der Waals surface area contributed by atoms with Crippen molar-refractivity contribution in [3.8, 4) is 11.5 Å². The molecule has 17 heavy (non-hydrogen) atoms. The van der Waals surface area contributed by atoms with Crippen LogP contribution in [-0.4, -0.2) is 0 Å². The van der Waals surface area contributed by atoms with Crippen LogP contribution in [0.15, 0.2) is 45.3 Å². The third-order valence-electron chi connectivity index (χ3n) is 2.10. The molecule has 0 heterocycles. The monoisotopic (exact) mass is 375 g/mol. The van der Waals surface area contributed by atoms with Gasteiger partial charge >= 0.3 is 0 Å². The molecule has 0 amide bonds. The minimum atomic E-state index is 0.647. The van der Waals surface area contributed by atoms with E-state index in [1.54, 1.807) is 24.3 Å². The molecule has 0 spiro atoms. The van der Waals surface area contributed by atoms with Gasteiger partial charge in [-0.2, -0.15) is 0 Å². The number of benzene rings is 2. The van der Waals surface area contributed by atoms with Gasteiger partial charge in [-0.1, -0.05) is 11.6 Å². The van der Waals surface area contributed by atoms with Gasteiger partial charge in [0.2, 0.25) is 0 Å². The maximum atomic E-state index is 5.80. The molecule has 0 radical (unpaired) electrons. The molecule has 0 saturated carbocycles. The topological polar surface area (TPSA) is 35.2 Å². The molecule has 0 aromatic heterocycles. The molecule has 5 heteroatoms. The minimum absolute atomic E-state index is 0.647. The largest absolute Gasteiger partial charge is 0.457 e. The Morgan fingerprint density at radius 1 is 0.941 bits per heavy atom. The highest BCUT2D eigenvalue weighted by Gasteiger charge is 2.05. The Labute approximate surface area is 121 Å². The average molecular weight is 377 g/mol. The summed E-state index contributed by atoms with van der Waals surface area (Å²) in [5.41, 5.74) is 6.44. The van der Waals surface area contributed by atoms with Gasteiger partial charge in [0.25, 0.3) is 0 Å². The standard InChI is InChI=1S/C12H8Br2ClNO/c13-10-5-9(6-11(14)12(10)16)17-8-3-1-7(15)2-4-8/h1-6H,16H2. The van der Waals surface area contributed by atoms with Gasteiger partial charge in [0.15, 0.2) is 0 Å². The van der Waals surface area contributed by atoms with Crippen LogP contribution in [0, 0.1) is 0 Å². The molecule has 0 aliphatic carbocycles. The average Bonchev–Trinajstić information content (AvgIpc) is 2.29. The van der Waals surface area contributed by atoms with Crippen LogP contribution >= 0.6 is 43.5 Å². The molecule has 2 nitrogen and oxygen atoms in total. The highest BCUT2D eigenvalue weighted by Crippen LogP contribution is 2.34. The van der Waals surface area contributed by atoms with Crippen molar-refractivity contribution < 1.29 is 4.74 Å². The normalized spacial score (nSPS) is 10.3. The number of hydrogen-bond acceptors (Lipinski definition) is 2. The molecule has 0 unspecified atom stereocenters. The van der Waals surface area contributed by atoms with Gasteiger partial charge < -0.3 is 10.5 Å². The smallest absolute Gasteiger partial charge is 0.129 e. The first-order valence-electron chi connectivity index (χ1n) is 4.74.